The number of hydrogen-bond donors (Lipinski definition) is 1. The van der Waals surface area contributed by atoms with E-state index in [1.54, 1.807) is 0 Å². The highest BCUT2D eigenvalue weighted by Gasteiger charge is 2.57. The molecule has 0 aromatic rings. The average molecular weight is 364 g/mol. The van der Waals surface area contributed by atoms with Crippen LogP contribution in [0.4, 0.5) is 39.5 Å². The summed E-state index contributed by atoms with van der Waals surface area (Å²) in [5.74, 6) is -7.32. The van der Waals surface area contributed by atoms with E-state index in [0.717, 1.165) is 6.92 Å². The summed E-state index contributed by atoms with van der Waals surface area (Å²) >= 11 is 0. The van der Waals surface area contributed by atoms with E-state index < -0.39 is 61.9 Å². The van der Waals surface area contributed by atoms with Crippen molar-refractivity contribution in [2.45, 2.75) is 62.8 Å². The Hall–Kier alpha value is -1.20. The third kappa shape index (κ3) is 5.43. The SMILES string of the molecule is CCC(OC(F)C(F)(F)C(F)C(F)C(F)C(F)C(F)F)C(=O)O. The molecule has 0 aliphatic rings. The van der Waals surface area contributed by atoms with Gasteiger partial charge in [0, 0.05) is 0 Å². The summed E-state index contributed by atoms with van der Waals surface area (Å²) in [6.45, 7) is 1.09. The second-order valence-electron chi connectivity index (χ2n) is 4.43. The molecule has 3 nitrogen and oxygen atoms in total. The third-order valence-electron chi connectivity index (χ3n) is 2.73. The van der Waals surface area contributed by atoms with Crippen LogP contribution in [0.1, 0.15) is 13.3 Å². The molecule has 6 unspecified atom stereocenters. The largest absolute Gasteiger partial charge is 0.479 e. The summed E-state index contributed by atoms with van der Waals surface area (Å²) in [5, 5.41) is 8.46. The third-order valence-corrected chi connectivity index (χ3v) is 2.73. The molecule has 12 heteroatoms. The summed E-state index contributed by atoms with van der Waals surface area (Å²) < 4.78 is 119. The van der Waals surface area contributed by atoms with Gasteiger partial charge in [0.15, 0.2) is 24.6 Å². The summed E-state index contributed by atoms with van der Waals surface area (Å²) in [5.41, 5.74) is 0. The van der Waals surface area contributed by atoms with Gasteiger partial charge >= 0.3 is 11.9 Å². The van der Waals surface area contributed by atoms with Crippen LogP contribution in [0.2, 0.25) is 0 Å². The van der Waals surface area contributed by atoms with Crippen molar-refractivity contribution in [2.75, 3.05) is 0 Å². The van der Waals surface area contributed by atoms with E-state index in [2.05, 4.69) is 4.74 Å². The molecule has 0 saturated heterocycles. The standard InChI is InChI=1S/C11H13F9O3/c1-2-3(9(21)22)23-10(18)11(19,20)7(15)5(13)4(12)6(14)8(16)17/h3-8,10H,2H2,1H3,(H,21,22). The zero-order valence-corrected chi connectivity index (χ0v) is 11.4. The van der Waals surface area contributed by atoms with Gasteiger partial charge in [-0.2, -0.15) is 8.78 Å². The maximum atomic E-state index is 13.3. The lowest BCUT2D eigenvalue weighted by molar-refractivity contribution is -0.253. The lowest BCUT2D eigenvalue weighted by atomic mass is 10.0. The first-order valence-corrected chi connectivity index (χ1v) is 6.12. The van der Waals surface area contributed by atoms with Crippen molar-refractivity contribution in [1.82, 2.24) is 0 Å². The van der Waals surface area contributed by atoms with Crippen LogP contribution in [-0.4, -0.2) is 60.6 Å². The van der Waals surface area contributed by atoms with E-state index in [1.807, 2.05) is 0 Å². The van der Waals surface area contributed by atoms with Gasteiger partial charge in [-0.15, -0.1) is 0 Å². The Balaban J connectivity index is 5.06. The molecule has 0 aliphatic heterocycles. The van der Waals surface area contributed by atoms with Gasteiger partial charge in [-0.1, -0.05) is 6.92 Å². The molecule has 0 fully saturated rings. The summed E-state index contributed by atoms with van der Waals surface area (Å²) in [6.07, 6.45) is -27.2. The average Bonchev–Trinajstić information content (AvgIpc) is 2.48. The molecular formula is C11H13F9O3. The van der Waals surface area contributed by atoms with Crippen LogP contribution in [0.3, 0.4) is 0 Å². The van der Waals surface area contributed by atoms with Gasteiger partial charge < -0.3 is 9.84 Å². The molecule has 0 amide bonds. The van der Waals surface area contributed by atoms with Crippen molar-refractivity contribution >= 4 is 5.97 Å². The van der Waals surface area contributed by atoms with Crippen molar-refractivity contribution in [3.63, 3.8) is 0 Å². The van der Waals surface area contributed by atoms with Gasteiger partial charge in [0.05, 0.1) is 0 Å². The number of alkyl halides is 9. The first kappa shape index (κ1) is 21.8. The van der Waals surface area contributed by atoms with Crippen molar-refractivity contribution in [3.8, 4) is 0 Å². The Morgan fingerprint density at radius 3 is 1.83 bits per heavy atom. The van der Waals surface area contributed by atoms with Crippen molar-refractivity contribution in [2.24, 2.45) is 0 Å². The summed E-state index contributed by atoms with van der Waals surface area (Å²) in [7, 11) is 0. The van der Waals surface area contributed by atoms with E-state index in [4.69, 9.17) is 5.11 Å². The minimum atomic E-state index is -5.44. The van der Waals surface area contributed by atoms with E-state index in [0.29, 0.717) is 0 Å². The maximum absolute atomic E-state index is 13.3. The molecule has 23 heavy (non-hydrogen) atoms. The normalized spacial score (nSPS) is 20.7. The van der Waals surface area contributed by atoms with Crippen LogP contribution >= 0.6 is 0 Å². The first-order chi connectivity index (χ1) is 10.4. The maximum Gasteiger partial charge on any atom is 0.336 e. The van der Waals surface area contributed by atoms with Crippen molar-refractivity contribution in [3.05, 3.63) is 0 Å². The van der Waals surface area contributed by atoms with Crippen LogP contribution in [-0.2, 0) is 9.53 Å². The van der Waals surface area contributed by atoms with Crippen molar-refractivity contribution < 1.29 is 54.2 Å². The zero-order chi connectivity index (χ0) is 18.5. The predicted octanol–water partition coefficient (Wildman–Crippen LogP) is 3.41. The molecule has 0 aromatic carbocycles. The van der Waals surface area contributed by atoms with Crippen LogP contribution in [0.25, 0.3) is 0 Å². The fourth-order valence-corrected chi connectivity index (χ4v) is 1.38. The second-order valence-corrected chi connectivity index (χ2v) is 4.43. The Morgan fingerprint density at radius 2 is 1.48 bits per heavy atom. The molecule has 0 radical (unpaired) electrons. The quantitative estimate of drug-likeness (QED) is 0.605. The number of carboxylic acid groups (broad SMARTS) is 1. The highest BCUT2D eigenvalue weighted by molar-refractivity contribution is 5.72. The lowest BCUT2D eigenvalue weighted by Gasteiger charge is -2.29. The topological polar surface area (TPSA) is 46.5 Å². The smallest absolute Gasteiger partial charge is 0.336 e. The molecule has 0 bridgehead atoms. The molecule has 6 atom stereocenters. The molecule has 138 valence electrons. The minimum absolute atomic E-state index is 0.522. The number of halogens is 9. The Morgan fingerprint density at radius 1 is 1.00 bits per heavy atom. The van der Waals surface area contributed by atoms with Gasteiger partial charge in [-0.05, 0) is 6.42 Å². The van der Waals surface area contributed by atoms with Crippen LogP contribution in [0.5, 0.6) is 0 Å². The van der Waals surface area contributed by atoms with Gasteiger partial charge in [-0.25, -0.2) is 35.5 Å². The number of carbonyl (C=O) groups is 1. The molecule has 0 rings (SSSR count). The molecule has 0 aliphatic carbocycles. The van der Waals surface area contributed by atoms with E-state index in [1.165, 1.54) is 0 Å². The fourth-order valence-electron chi connectivity index (χ4n) is 1.38. The molecule has 0 heterocycles. The number of hydrogen-bond acceptors (Lipinski definition) is 2. The van der Waals surface area contributed by atoms with Crippen LogP contribution < -0.4 is 0 Å². The minimum Gasteiger partial charge on any atom is -0.479 e. The Kier molecular flexibility index (Phi) is 8.15. The molecule has 0 aromatic heterocycles. The molecule has 0 saturated carbocycles. The predicted molar refractivity (Wildman–Crippen MR) is 58.2 cm³/mol. The monoisotopic (exact) mass is 364 g/mol. The molecule has 0 spiro atoms. The van der Waals surface area contributed by atoms with Gasteiger partial charge in [0.2, 0.25) is 6.17 Å². The molecule has 1 N–H and O–H groups in total. The van der Waals surface area contributed by atoms with Gasteiger partial charge in [0.25, 0.3) is 12.8 Å². The fraction of sp³-hybridized carbons (Fsp3) is 0.909. The van der Waals surface area contributed by atoms with E-state index in [9.17, 15) is 44.3 Å². The van der Waals surface area contributed by atoms with Crippen molar-refractivity contribution in [1.29, 1.82) is 0 Å². The molecular weight excluding hydrogens is 351 g/mol. The second kappa shape index (κ2) is 8.60. The number of aliphatic carboxylic acids is 1. The number of carboxylic acids is 1. The van der Waals surface area contributed by atoms with Gasteiger partial charge in [0.1, 0.15) is 0 Å². The van der Waals surface area contributed by atoms with Crippen LogP contribution in [0.15, 0.2) is 0 Å². The number of rotatable bonds is 10. The highest BCUT2D eigenvalue weighted by Crippen LogP contribution is 2.35. The summed E-state index contributed by atoms with van der Waals surface area (Å²) in [6, 6.07) is 0. The first-order valence-electron chi connectivity index (χ1n) is 6.12. The van der Waals surface area contributed by atoms with E-state index in [-0.39, 0.29) is 0 Å². The lowest BCUT2D eigenvalue weighted by Crippen LogP contribution is -2.52. The zero-order valence-electron chi connectivity index (χ0n) is 11.4. The number of ether oxygens (including phenoxy) is 1. The highest BCUT2D eigenvalue weighted by atomic mass is 19.3. The van der Waals surface area contributed by atoms with Crippen LogP contribution in [0, 0.1) is 0 Å². The Bertz CT molecular complexity index is 382. The van der Waals surface area contributed by atoms with Gasteiger partial charge in [-0.3, -0.25) is 0 Å². The summed E-state index contributed by atoms with van der Waals surface area (Å²) in [4.78, 5) is 10.5. The van der Waals surface area contributed by atoms with E-state index >= 15 is 0 Å². The Labute approximate surface area is 124 Å².